The Morgan fingerprint density at radius 1 is 1.13 bits per heavy atom. The number of hydrogen-bond acceptors (Lipinski definition) is 5. The first kappa shape index (κ1) is 23.3. The lowest BCUT2D eigenvalue weighted by atomic mass is 10.2. The molecule has 2 N–H and O–H groups in total. The van der Waals surface area contributed by atoms with Gasteiger partial charge in [0.1, 0.15) is 4.90 Å². The number of amides is 1. The van der Waals surface area contributed by atoms with E-state index in [1.54, 1.807) is 37.3 Å². The maximum atomic E-state index is 13.1. The second kappa shape index (κ2) is 8.99. The lowest BCUT2D eigenvalue weighted by Crippen LogP contribution is -2.26. The molecule has 162 valence electrons. The highest BCUT2D eigenvalue weighted by atomic mass is 79.9. The summed E-state index contributed by atoms with van der Waals surface area (Å²) in [5, 5.41) is 12.4. The van der Waals surface area contributed by atoms with Gasteiger partial charge in [-0.25, -0.2) is 13.2 Å². The van der Waals surface area contributed by atoms with Crippen LogP contribution < -0.4 is 9.62 Å². The number of hydrogen-bond donors (Lipinski definition) is 2. The first-order valence-corrected chi connectivity index (χ1v) is 12.1. The van der Waals surface area contributed by atoms with Crippen molar-refractivity contribution in [2.75, 3.05) is 16.7 Å². The predicted molar refractivity (Wildman–Crippen MR) is 125 cm³/mol. The normalized spacial score (nSPS) is 11.2. The molecule has 1 amide bonds. The molecular formula is C20H16BrClN2O5S2. The van der Waals surface area contributed by atoms with E-state index in [2.05, 4.69) is 21.2 Å². The molecule has 2 aromatic carbocycles. The highest BCUT2D eigenvalue weighted by Crippen LogP contribution is 2.31. The fourth-order valence-corrected chi connectivity index (χ4v) is 5.89. The number of rotatable bonds is 6. The zero-order valence-corrected chi connectivity index (χ0v) is 20.2. The van der Waals surface area contributed by atoms with E-state index in [0.717, 1.165) is 15.6 Å². The maximum absolute atomic E-state index is 13.1. The second-order valence-corrected chi connectivity index (χ2v) is 11.0. The summed E-state index contributed by atoms with van der Waals surface area (Å²) in [6.45, 7) is 1.60. The molecule has 0 aliphatic carbocycles. The lowest BCUT2D eigenvalue weighted by Gasteiger charge is -2.19. The number of halogens is 2. The van der Waals surface area contributed by atoms with Crippen LogP contribution in [0.1, 0.15) is 24.9 Å². The number of nitrogens with one attached hydrogen (secondary N) is 1. The smallest absolute Gasteiger partial charge is 0.337 e. The average molecular weight is 544 g/mol. The number of carboxylic acid groups (broad SMARTS) is 1. The third-order valence-corrected chi connectivity index (χ3v) is 8.22. The minimum absolute atomic E-state index is 0.00522. The molecule has 0 aliphatic rings. The fourth-order valence-electron chi connectivity index (χ4n) is 2.76. The van der Waals surface area contributed by atoms with Gasteiger partial charge in [0.2, 0.25) is 0 Å². The largest absolute Gasteiger partial charge is 0.478 e. The van der Waals surface area contributed by atoms with Crippen molar-refractivity contribution >= 4 is 72.1 Å². The average Bonchev–Trinajstić information content (AvgIpc) is 3.12. The zero-order chi connectivity index (χ0) is 22.9. The summed E-state index contributed by atoms with van der Waals surface area (Å²) in [5.41, 5.74) is 0.433. The van der Waals surface area contributed by atoms with Crippen LogP contribution in [0.15, 0.2) is 57.9 Å². The van der Waals surface area contributed by atoms with E-state index in [1.165, 1.54) is 25.2 Å². The Morgan fingerprint density at radius 2 is 1.77 bits per heavy atom. The molecular weight excluding hydrogens is 528 g/mol. The monoisotopic (exact) mass is 542 g/mol. The molecule has 0 unspecified atom stereocenters. The molecule has 0 bridgehead atoms. The van der Waals surface area contributed by atoms with Crippen LogP contribution in [0.4, 0.5) is 11.4 Å². The van der Waals surface area contributed by atoms with Gasteiger partial charge in [-0.05, 0) is 55.5 Å². The topological polar surface area (TPSA) is 104 Å². The highest BCUT2D eigenvalue weighted by molar-refractivity contribution is 9.10. The Bertz CT molecular complexity index is 1270. The van der Waals surface area contributed by atoms with Gasteiger partial charge >= 0.3 is 5.97 Å². The van der Waals surface area contributed by atoms with Gasteiger partial charge in [0.05, 0.1) is 21.8 Å². The van der Waals surface area contributed by atoms with Gasteiger partial charge in [0.25, 0.3) is 15.9 Å². The van der Waals surface area contributed by atoms with E-state index in [0.29, 0.717) is 20.1 Å². The van der Waals surface area contributed by atoms with Crippen molar-refractivity contribution in [2.45, 2.75) is 11.8 Å². The van der Waals surface area contributed by atoms with Crippen molar-refractivity contribution in [3.8, 4) is 0 Å². The number of anilines is 2. The van der Waals surface area contributed by atoms with Crippen LogP contribution in [0.2, 0.25) is 5.02 Å². The number of nitrogens with zero attached hydrogens (tertiary/aromatic N) is 1. The van der Waals surface area contributed by atoms with E-state index in [4.69, 9.17) is 11.6 Å². The summed E-state index contributed by atoms with van der Waals surface area (Å²) in [6, 6.07) is 12.0. The number of thiophene rings is 1. The molecule has 3 rings (SSSR count). The van der Waals surface area contributed by atoms with Gasteiger partial charge in [-0.3, -0.25) is 9.10 Å². The molecule has 0 fully saturated rings. The van der Waals surface area contributed by atoms with E-state index in [1.807, 2.05) is 0 Å². The Balaban J connectivity index is 1.91. The van der Waals surface area contributed by atoms with Gasteiger partial charge in [0.15, 0.2) is 0 Å². The third kappa shape index (κ3) is 4.93. The number of sulfonamides is 1. The number of aromatic carboxylic acids is 1. The molecule has 0 aliphatic heterocycles. The van der Waals surface area contributed by atoms with Crippen molar-refractivity contribution in [1.82, 2.24) is 0 Å². The van der Waals surface area contributed by atoms with E-state index in [-0.39, 0.29) is 21.0 Å². The van der Waals surface area contributed by atoms with Crippen molar-refractivity contribution in [3.63, 3.8) is 0 Å². The van der Waals surface area contributed by atoms with Crippen LogP contribution in [0.25, 0.3) is 0 Å². The van der Waals surface area contributed by atoms with E-state index < -0.39 is 21.9 Å². The number of carbonyl (C=O) groups is 2. The van der Waals surface area contributed by atoms with Crippen LogP contribution in [-0.2, 0) is 10.0 Å². The van der Waals surface area contributed by atoms with Gasteiger partial charge in [-0.2, -0.15) is 0 Å². The SMILES string of the molecule is Cc1sc(C(=O)Nc2ccc(Br)cc2C(=O)O)cc1S(=O)(=O)N(C)c1ccc(Cl)cc1. The van der Waals surface area contributed by atoms with E-state index >= 15 is 0 Å². The fraction of sp³-hybridized carbons (Fsp3) is 0.100. The summed E-state index contributed by atoms with van der Waals surface area (Å²) in [7, 11) is -2.51. The molecule has 1 heterocycles. The zero-order valence-electron chi connectivity index (χ0n) is 16.2. The third-order valence-electron chi connectivity index (χ3n) is 4.38. The van der Waals surface area contributed by atoms with Gasteiger partial charge < -0.3 is 10.4 Å². The number of benzene rings is 2. The molecule has 0 atom stereocenters. The molecule has 11 heteroatoms. The standard InChI is InChI=1S/C20H16BrClN2O5S2/c1-11-18(31(28,29)24(2)14-6-4-13(22)5-7-14)10-17(30-11)19(25)23-16-8-3-12(21)9-15(16)20(26)27/h3-10H,1-2H3,(H,23,25)(H,26,27). The molecule has 0 saturated heterocycles. The number of carbonyl (C=O) groups excluding carboxylic acids is 1. The molecule has 0 saturated carbocycles. The summed E-state index contributed by atoms with van der Waals surface area (Å²) >= 11 is 10.1. The van der Waals surface area contributed by atoms with Gasteiger partial charge in [0, 0.05) is 21.4 Å². The first-order chi connectivity index (χ1) is 14.5. The molecule has 31 heavy (non-hydrogen) atoms. The van der Waals surface area contributed by atoms with Crippen LogP contribution in [0, 0.1) is 6.92 Å². The highest BCUT2D eigenvalue weighted by Gasteiger charge is 2.27. The van der Waals surface area contributed by atoms with Crippen molar-refractivity contribution in [2.24, 2.45) is 0 Å². The summed E-state index contributed by atoms with van der Waals surface area (Å²) in [5.74, 6) is -1.81. The minimum atomic E-state index is -3.93. The second-order valence-electron chi connectivity index (χ2n) is 6.43. The molecule has 7 nitrogen and oxygen atoms in total. The molecule has 1 aromatic heterocycles. The number of aryl methyl sites for hydroxylation is 1. The summed E-state index contributed by atoms with van der Waals surface area (Å²) in [4.78, 5) is 24.7. The Morgan fingerprint density at radius 3 is 2.39 bits per heavy atom. The van der Waals surface area contributed by atoms with Gasteiger partial charge in [-0.1, -0.05) is 27.5 Å². The van der Waals surface area contributed by atoms with Crippen LogP contribution in [-0.4, -0.2) is 32.4 Å². The van der Waals surface area contributed by atoms with Gasteiger partial charge in [-0.15, -0.1) is 11.3 Å². The Labute approximate surface area is 196 Å². The molecule has 0 spiro atoms. The quantitative estimate of drug-likeness (QED) is 0.442. The van der Waals surface area contributed by atoms with E-state index in [9.17, 15) is 23.1 Å². The summed E-state index contributed by atoms with van der Waals surface area (Å²) < 4.78 is 27.9. The predicted octanol–water partition coefficient (Wildman–Crippen LogP) is 5.25. The minimum Gasteiger partial charge on any atom is -0.478 e. The molecule has 0 radical (unpaired) electrons. The Kier molecular flexibility index (Phi) is 6.75. The van der Waals surface area contributed by atoms with Crippen LogP contribution >= 0.6 is 38.9 Å². The maximum Gasteiger partial charge on any atom is 0.337 e. The van der Waals surface area contributed by atoms with Crippen LogP contribution in [0.5, 0.6) is 0 Å². The Hall–Kier alpha value is -2.40. The first-order valence-electron chi connectivity index (χ1n) is 8.70. The molecule has 3 aromatic rings. The van der Waals surface area contributed by atoms with Crippen molar-refractivity contribution in [1.29, 1.82) is 0 Å². The number of carboxylic acids is 1. The van der Waals surface area contributed by atoms with Crippen molar-refractivity contribution in [3.05, 3.63) is 73.3 Å². The van der Waals surface area contributed by atoms with Crippen LogP contribution in [0.3, 0.4) is 0 Å². The lowest BCUT2D eigenvalue weighted by molar-refractivity contribution is 0.0698. The van der Waals surface area contributed by atoms with Crippen molar-refractivity contribution < 1.29 is 23.1 Å². The summed E-state index contributed by atoms with van der Waals surface area (Å²) in [6.07, 6.45) is 0.